The number of benzene rings is 1. The molecule has 2 aromatic rings. The van der Waals surface area contributed by atoms with Crippen LogP contribution in [0.25, 0.3) is 0 Å². The lowest BCUT2D eigenvalue weighted by Gasteiger charge is -2.38. The second-order valence-electron chi connectivity index (χ2n) is 9.17. The van der Waals surface area contributed by atoms with E-state index in [1.54, 1.807) is 0 Å². The van der Waals surface area contributed by atoms with E-state index in [9.17, 15) is 14.4 Å². The molecule has 7 nitrogen and oxygen atoms in total. The molecule has 1 N–H and O–H groups in total. The van der Waals surface area contributed by atoms with Gasteiger partial charge in [0.25, 0.3) is 0 Å². The van der Waals surface area contributed by atoms with Crippen molar-refractivity contribution in [3.63, 3.8) is 0 Å². The van der Waals surface area contributed by atoms with Crippen molar-refractivity contribution in [2.24, 2.45) is 23.7 Å². The highest BCUT2D eigenvalue weighted by atomic mass is 32.1. The quantitative estimate of drug-likeness (QED) is 0.532. The molecule has 1 aromatic carbocycles. The van der Waals surface area contributed by atoms with Crippen LogP contribution in [0.3, 0.4) is 0 Å². The third-order valence-electron chi connectivity index (χ3n) is 6.85. The molecule has 166 valence electrons. The van der Waals surface area contributed by atoms with Gasteiger partial charge < -0.3 is 5.32 Å². The normalized spacial score (nSPS) is 27.2. The van der Waals surface area contributed by atoms with Gasteiger partial charge in [0.05, 0.1) is 24.3 Å². The van der Waals surface area contributed by atoms with Crippen LogP contribution in [-0.4, -0.2) is 32.8 Å². The molecule has 6 rings (SSSR count). The molecular weight excluding hydrogens is 424 g/mol. The van der Waals surface area contributed by atoms with Crippen molar-refractivity contribution < 1.29 is 14.4 Å². The zero-order valence-electron chi connectivity index (χ0n) is 18.1. The number of rotatable bonds is 6. The third-order valence-corrected chi connectivity index (χ3v) is 7.99. The van der Waals surface area contributed by atoms with Crippen LogP contribution in [0.15, 0.2) is 42.5 Å². The minimum atomic E-state index is -0.640. The van der Waals surface area contributed by atoms with Crippen molar-refractivity contribution in [3.8, 4) is 0 Å². The lowest BCUT2D eigenvalue weighted by molar-refractivity contribution is -0.143. The summed E-state index contributed by atoms with van der Waals surface area (Å²) in [6.07, 6.45) is 6.09. The van der Waals surface area contributed by atoms with Crippen molar-refractivity contribution in [3.05, 3.63) is 53.1 Å². The summed E-state index contributed by atoms with van der Waals surface area (Å²) < 4.78 is 0. The van der Waals surface area contributed by atoms with E-state index >= 15 is 0 Å². The maximum Gasteiger partial charge on any atom is 0.234 e. The molecule has 2 fully saturated rings. The Labute approximate surface area is 190 Å². The van der Waals surface area contributed by atoms with Gasteiger partial charge in [-0.2, -0.15) is 0 Å². The number of likely N-dealkylation sites (tertiary alicyclic amines) is 1. The molecule has 3 aliphatic carbocycles. The van der Waals surface area contributed by atoms with Crippen LogP contribution in [0.2, 0.25) is 0 Å². The minimum absolute atomic E-state index is 0.0136. The first-order chi connectivity index (χ1) is 15.4. The first-order valence-electron chi connectivity index (χ1n) is 11.2. The molecule has 4 aliphatic rings. The van der Waals surface area contributed by atoms with Crippen LogP contribution >= 0.6 is 11.3 Å². The van der Waals surface area contributed by atoms with Gasteiger partial charge in [0.15, 0.2) is 0 Å². The van der Waals surface area contributed by atoms with E-state index in [2.05, 4.69) is 27.7 Å². The van der Waals surface area contributed by atoms with E-state index < -0.39 is 6.04 Å². The monoisotopic (exact) mass is 450 g/mol. The highest BCUT2D eigenvalue weighted by Gasteiger charge is 2.58. The highest BCUT2D eigenvalue weighted by Crippen LogP contribution is 2.51. The Morgan fingerprint density at radius 1 is 1.06 bits per heavy atom. The molecule has 32 heavy (non-hydrogen) atoms. The van der Waals surface area contributed by atoms with E-state index in [1.807, 2.05) is 44.2 Å². The number of nitrogens with zero attached hydrogens (tertiary/aromatic N) is 3. The highest BCUT2D eigenvalue weighted by molar-refractivity contribution is 7.15. The number of carbonyl (C=O) groups is 3. The summed E-state index contributed by atoms with van der Waals surface area (Å²) in [6, 6.07) is 8.71. The molecule has 0 spiro atoms. The number of allylic oxidation sites excluding steroid dienone is 2. The summed E-state index contributed by atoms with van der Waals surface area (Å²) in [5.74, 6) is -0.698. The van der Waals surface area contributed by atoms with Gasteiger partial charge in [0.2, 0.25) is 22.9 Å². The Morgan fingerprint density at radius 3 is 2.22 bits per heavy atom. The van der Waals surface area contributed by atoms with Gasteiger partial charge in [-0.05, 0) is 30.2 Å². The standard InChI is InChI=1S/C24H26N4O3S/c1-13(2)21-26-27-24(32-21)25-18(29)12-17(14-6-4-3-5-7-14)28-22(30)19-15-8-9-16(11-10-15)20(19)23(28)31/h3-9,13,15-17,19-20H,10-12H2,1-2H3,(H,25,27,29)/t15-,16-,17-,19-,20+/m0/s1. The second-order valence-corrected chi connectivity index (χ2v) is 10.2. The molecule has 1 aliphatic heterocycles. The summed E-state index contributed by atoms with van der Waals surface area (Å²) in [5, 5.41) is 12.2. The number of carbonyl (C=O) groups excluding carboxylic acids is 3. The van der Waals surface area contributed by atoms with Gasteiger partial charge in [0, 0.05) is 5.92 Å². The molecule has 5 atom stereocenters. The van der Waals surface area contributed by atoms with Crippen LogP contribution in [-0.2, 0) is 14.4 Å². The fourth-order valence-electron chi connectivity index (χ4n) is 5.30. The topological polar surface area (TPSA) is 92.3 Å². The van der Waals surface area contributed by atoms with E-state index in [1.165, 1.54) is 16.2 Å². The van der Waals surface area contributed by atoms with Crippen molar-refractivity contribution in [1.29, 1.82) is 0 Å². The molecule has 1 saturated carbocycles. The number of amides is 3. The van der Waals surface area contributed by atoms with Crippen molar-refractivity contribution in [2.75, 3.05) is 5.32 Å². The first kappa shape index (κ1) is 21.0. The number of hydrogen-bond donors (Lipinski definition) is 1. The van der Waals surface area contributed by atoms with Gasteiger partial charge in [0.1, 0.15) is 5.01 Å². The largest absolute Gasteiger partial charge is 0.300 e. The fourth-order valence-corrected chi connectivity index (χ4v) is 6.06. The Morgan fingerprint density at radius 2 is 1.69 bits per heavy atom. The van der Waals surface area contributed by atoms with Gasteiger partial charge in [-0.1, -0.05) is 67.7 Å². The van der Waals surface area contributed by atoms with Gasteiger partial charge in [-0.25, -0.2) is 0 Å². The SMILES string of the molecule is CC(C)c1nnc(NC(=O)C[C@@H](c2ccccc2)N2C(=O)[C@@H]3[C@H](C2=O)[C@H]2C=C[C@H]3CC2)s1. The first-order valence-corrected chi connectivity index (χ1v) is 12.0. The maximum atomic E-state index is 13.5. The molecule has 3 amide bonds. The summed E-state index contributed by atoms with van der Waals surface area (Å²) in [6.45, 7) is 4.03. The van der Waals surface area contributed by atoms with E-state index in [0.717, 1.165) is 23.4 Å². The predicted octanol–water partition coefficient (Wildman–Crippen LogP) is 3.93. The summed E-state index contributed by atoms with van der Waals surface area (Å²) in [5.41, 5.74) is 0.781. The van der Waals surface area contributed by atoms with Crippen molar-refractivity contribution in [2.45, 2.75) is 45.1 Å². The van der Waals surface area contributed by atoms with Crippen molar-refractivity contribution >= 4 is 34.2 Å². The average Bonchev–Trinajstić information content (AvgIpc) is 3.38. The van der Waals surface area contributed by atoms with Crippen LogP contribution < -0.4 is 5.32 Å². The second kappa shape index (κ2) is 8.24. The molecule has 1 aromatic heterocycles. The van der Waals surface area contributed by atoms with Crippen molar-refractivity contribution in [1.82, 2.24) is 15.1 Å². The number of fused-ring (bicyclic) bond motifs is 1. The summed E-state index contributed by atoms with van der Waals surface area (Å²) in [4.78, 5) is 41.3. The molecule has 2 heterocycles. The number of imide groups is 1. The zero-order chi connectivity index (χ0) is 22.4. The maximum absolute atomic E-state index is 13.5. The molecule has 0 radical (unpaired) electrons. The predicted molar refractivity (Wildman–Crippen MR) is 121 cm³/mol. The van der Waals surface area contributed by atoms with Crippen LogP contribution in [0, 0.1) is 23.7 Å². The Bertz CT molecular complexity index is 1050. The molecule has 8 heteroatoms. The minimum Gasteiger partial charge on any atom is -0.300 e. The fraction of sp³-hybridized carbons (Fsp3) is 0.458. The smallest absolute Gasteiger partial charge is 0.234 e. The molecule has 1 saturated heterocycles. The average molecular weight is 451 g/mol. The van der Waals surface area contributed by atoms with Gasteiger partial charge >= 0.3 is 0 Å². The number of anilines is 1. The molecule has 0 unspecified atom stereocenters. The lowest BCUT2D eigenvalue weighted by atomic mass is 9.63. The summed E-state index contributed by atoms with van der Waals surface area (Å²) >= 11 is 1.34. The van der Waals surface area contributed by atoms with Gasteiger partial charge in [-0.3, -0.25) is 19.3 Å². The zero-order valence-corrected chi connectivity index (χ0v) is 18.9. The number of aromatic nitrogens is 2. The Balaban J connectivity index is 1.41. The Kier molecular flexibility index (Phi) is 5.41. The van der Waals surface area contributed by atoms with E-state index in [4.69, 9.17) is 0 Å². The third kappa shape index (κ3) is 3.56. The van der Waals surface area contributed by atoms with Crippen LogP contribution in [0.4, 0.5) is 5.13 Å². The number of nitrogens with one attached hydrogen (secondary N) is 1. The van der Waals surface area contributed by atoms with Crippen LogP contribution in [0.1, 0.15) is 55.6 Å². The number of hydrogen-bond acceptors (Lipinski definition) is 6. The van der Waals surface area contributed by atoms with E-state index in [-0.39, 0.29) is 53.7 Å². The summed E-state index contributed by atoms with van der Waals surface area (Å²) in [7, 11) is 0. The molecule has 2 bridgehead atoms. The Hall–Kier alpha value is -2.87. The van der Waals surface area contributed by atoms with Gasteiger partial charge in [-0.15, -0.1) is 10.2 Å². The molecular formula is C24H26N4O3S. The van der Waals surface area contributed by atoms with E-state index in [0.29, 0.717) is 5.13 Å². The lowest BCUT2D eigenvalue weighted by Crippen LogP contribution is -2.38. The van der Waals surface area contributed by atoms with Crippen LogP contribution in [0.5, 0.6) is 0 Å².